The molecule has 0 radical (unpaired) electrons. The fourth-order valence-corrected chi connectivity index (χ4v) is 1.77. The Labute approximate surface area is 102 Å². The largest absolute Gasteiger partial charge is 0.330 e. The summed E-state index contributed by atoms with van der Waals surface area (Å²) in [5.41, 5.74) is 6.40. The Bertz CT molecular complexity index is 365. The van der Waals surface area contributed by atoms with Crippen LogP contribution in [-0.2, 0) is 6.42 Å². The van der Waals surface area contributed by atoms with E-state index in [9.17, 15) is 4.39 Å². The zero-order valence-corrected chi connectivity index (χ0v) is 10.8. The van der Waals surface area contributed by atoms with Crippen molar-refractivity contribution in [1.82, 2.24) is 0 Å². The Morgan fingerprint density at radius 3 is 2.50 bits per heavy atom. The van der Waals surface area contributed by atoms with Gasteiger partial charge in [0.05, 0.1) is 0 Å². The minimum Gasteiger partial charge on any atom is -0.330 e. The zero-order chi connectivity index (χ0) is 12.3. The highest BCUT2D eigenvalue weighted by Crippen LogP contribution is 2.31. The molecule has 1 unspecified atom stereocenters. The molecule has 0 bridgehead atoms. The molecule has 0 amide bonds. The summed E-state index contributed by atoms with van der Waals surface area (Å²) in [7, 11) is 0. The van der Waals surface area contributed by atoms with Crippen molar-refractivity contribution < 1.29 is 4.39 Å². The van der Waals surface area contributed by atoms with Crippen LogP contribution in [0.25, 0.3) is 0 Å². The van der Waals surface area contributed by atoms with Crippen LogP contribution in [-0.4, -0.2) is 6.54 Å². The molecular formula is C13H19ClFN. The van der Waals surface area contributed by atoms with Crippen molar-refractivity contribution in [2.75, 3.05) is 6.54 Å². The van der Waals surface area contributed by atoms with Crippen LogP contribution in [0.15, 0.2) is 18.2 Å². The second-order valence-corrected chi connectivity index (χ2v) is 5.36. The third kappa shape index (κ3) is 2.96. The highest BCUT2D eigenvalue weighted by atomic mass is 35.5. The summed E-state index contributed by atoms with van der Waals surface area (Å²) in [6, 6.07) is 4.82. The molecule has 0 aliphatic carbocycles. The second-order valence-electron chi connectivity index (χ2n) is 4.93. The van der Waals surface area contributed by atoms with Crippen LogP contribution in [0.5, 0.6) is 0 Å². The van der Waals surface area contributed by atoms with Crippen LogP contribution in [0.4, 0.5) is 4.39 Å². The Hall–Kier alpha value is -0.600. The van der Waals surface area contributed by atoms with E-state index < -0.39 is 0 Å². The molecule has 0 aromatic heterocycles. The van der Waals surface area contributed by atoms with Gasteiger partial charge in [0.2, 0.25) is 0 Å². The van der Waals surface area contributed by atoms with Gasteiger partial charge in [-0.15, -0.1) is 0 Å². The van der Waals surface area contributed by atoms with Crippen molar-refractivity contribution in [2.45, 2.75) is 27.2 Å². The topological polar surface area (TPSA) is 26.0 Å². The van der Waals surface area contributed by atoms with E-state index in [-0.39, 0.29) is 11.2 Å². The summed E-state index contributed by atoms with van der Waals surface area (Å²) < 4.78 is 13.7. The smallest absolute Gasteiger partial charge is 0.127 e. The molecule has 0 fully saturated rings. The van der Waals surface area contributed by atoms with Gasteiger partial charge < -0.3 is 5.73 Å². The van der Waals surface area contributed by atoms with Crippen molar-refractivity contribution in [2.24, 2.45) is 17.1 Å². The van der Waals surface area contributed by atoms with E-state index in [1.807, 2.05) is 0 Å². The quantitative estimate of drug-likeness (QED) is 0.859. The number of benzene rings is 1. The maximum absolute atomic E-state index is 13.7. The maximum atomic E-state index is 13.7. The fraction of sp³-hybridized carbons (Fsp3) is 0.538. The molecule has 0 saturated carbocycles. The predicted octanol–water partition coefficient (Wildman–Crippen LogP) is 3.64. The van der Waals surface area contributed by atoms with Crippen molar-refractivity contribution in [1.29, 1.82) is 0 Å². The summed E-state index contributed by atoms with van der Waals surface area (Å²) in [6.07, 6.45) is 0.643. The van der Waals surface area contributed by atoms with E-state index in [1.54, 1.807) is 12.1 Å². The third-order valence-electron chi connectivity index (χ3n) is 3.47. The molecule has 0 aliphatic rings. The fourth-order valence-electron chi connectivity index (χ4n) is 1.61. The van der Waals surface area contributed by atoms with E-state index in [4.69, 9.17) is 17.3 Å². The lowest BCUT2D eigenvalue weighted by Crippen LogP contribution is -2.35. The van der Waals surface area contributed by atoms with Gasteiger partial charge >= 0.3 is 0 Å². The van der Waals surface area contributed by atoms with E-state index in [2.05, 4.69) is 20.8 Å². The highest BCUT2D eigenvalue weighted by Gasteiger charge is 2.28. The first-order chi connectivity index (χ1) is 7.39. The van der Waals surface area contributed by atoms with Gasteiger partial charge in [0.25, 0.3) is 0 Å². The summed E-state index contributed by atoms with van der Waals surface area (Å²) in [6.45, 7) is 6.86. The average Bonchev–Trinajstić information content (AvgIpc) is 2.22. The molecule has 1 aromatic rings. The van der Waals surface area contributed by atoms with Crippen LogP contribution in [0.1, 0.15) is 26.3 Å². The van der Waals surface area contributed by atoms with Crippen LogP contribution in [0, 0.1) is 17.2 Å². The minimum atomic E-state index is -0.243. The number of hydrogen-bond acceptors (Lipinski definition) is 1. The molecule has 1 rings (SSSR count). The van der Waals surface area contributed by atoms with Crippen molar-refractivity contribution in [3.05, 3.63) is 34.6 Å². The molecule has 90 valence electrons. The summed E-state index contributed by atoms with van der Waals surface area (Å²) in [4.78, 5) is 0. The van der Waals surface area contributed by atoms with Crippen LogP contribution in [0.2, 0.25) is 5.02 Å². The number of nitrogens with two attached hydrogens (primary N) is 1. The van der Waals surface area contributed by atoms with Crippen molar-refractivity contribution in [3.8, 4) is 0 Å². The van der Waals surface area contributed by atoms with Gasteiger partial charge in [-0.25, -0.2) is 4.39 Å². The predicted molar refractivity (Wildman–Crippen MR) is 67.1 cm³/mol. The monoisotopic (exact) mass is 243 g/mol. The Kier molecular flexibility index (Phi) is 4.34. The zero-order valence-electron chi connectivity index (χ0n) is 10.1. The molecule has 2 N–H and O–H groups in total. The highest BCUT2D eigenvalue weighted by molar-refractivity contribution is 6.30. The van der Waals surface area contributed by atoms with Crippen LogP contribution < -0.4 is 5.73 Å². The first-order valence-electron chi connectivity index (χ1n) is 5.53. The average molecular weight is 244 g/mol. The summed E-state index contributed by atoms with van der Waals surface area (Å²) >= 11 is 5.72. The maximum Gasteiger partial charge on any atom is 0.127 e. The van der Waals surface area contributed by atoms with Crippen molar-refractivity contribution in [3.63, 3.8) is 0 Å². The number of hydrogen-bond donors (Lipinski definition) is 1. The molecule has 0 heterocycles. The molecule has 1 nitrogen and oxygen atoms in total. The SMILES string of the molecule is CC(C)C(C)(CN)Cc1ccc(Cl)cc1F. The van der Waals surface area contributed by atoms with Gasteiger partial charge in [-0.1, -0.05) is 38.4 Å². The first kappa shape index (κ1) is 13.5. The van der Waals surface area contributed by atoms with Gasteiger partial charge in [0.15, 0.2) is 0 Å². The summed E-state index contributed by atoms with van der Waals surface area (Å²) in [5.74, 6) is 0.167. The minimum absolute atomic E-state index is 0.0747. The number of halogens is 2. The molecule has 0 saturated heterocycles. The van der Waals surface area contributed by atoms with Gasteiger partial charge in [-0.05, 0) is 42.0 Å². The van der Waals surface area contributed by atoms with Gasteiger partial charge in [0, 0.05) is 5.02 Å². The summed E-state index contributed by atoms with van der Waals surface area (Å²) in [5, 5.41) is 0.431. The molecular weight excluding hydrogens is 225 g/mol. The van der Waals surface area contributed by atoms with Crippen molar-refractivity contribution >= 4 is 11.6 Å². The molecule has 16 heavy (non-hydrogen) atoms. The number of rotatable bonds is 4. The molecule has 0 aliphatic heterocycles. The van der Waals surface area contributed by atoms with Gasteiger partial charge in [-0.3, -0.25) is 0 Å². The van der Waals surface area contributed by atoms with Gasteiger partial charge in [-0.2, -0.15) is 0 Å². The Balaban J connectivity index is 2.95. The first-order valence-corrected chi connectivity index (χ1v) is 5.91. The lowest BCUT2D eigenvalue weighted by atomic mass is 9.74. The van der Waals surface area contributed by atoms with E-state index in [0.717, 1.165) is 0 Å². The van der Waals surface area contributed by atoms with Crippen LogP contribution >= 0.6 is 11.6 Å². The Morgan fingerprint density at radius 1 is 1.44 bits per heavy atom. The third-order valence-corrected chi connectivity index (χ3v) is 3.70. The lowest BCUT2D eigenvalue weighted by molar-refractivity contribution is 0.225. The molecule has 3 heteroatoms. The normalized spacial score (nSPS) is 15.2. The Morgan fingerprint density at radius 2 is 2.06 bits per heavy atom. The molecule has 0 spiro atoms. The van der Waals surface area contributed by atoms with E-state index in [1.165, 1.54) is 6.07 Å². The van der Waals surface area contributed by atoms with E-state index >= 15 is 0 Å². The van der Waals surface area contributed by atoms with Gasteiger partial charge in [0.1, 0.15) is 5.82 Å². The molecule has 1 atom stereocenters. The second kappa shape index (κ2) is 5.15. The van der Waals surface area contributed by atoms with E-state index in [0.29, 0.717) is 29.5 Å². The van der Waals surface area contributed by atoms with Crippen LogP contribution in [0.3, 0.4) is 0 Å². The molecule has 1 aromatic carbocycles. The lowest BCUT2D eigenvalue weighted by Gasteiger charge is -2.32. The standard InChI is InChI=1S/C13H19ClFN/c1-9(2)13(3,8-16)7-10-4-5-11(14)6-12(10)15/h4-6,9H,7-8,16H2,1-3H3.